The Morgan fingerprint density at radius 3 is 2.52 bits per heavy atom. The Balaban J connectivity index is 2.71. The van der Waals surface area contributed by atoms with Crippen LogP contribution in [0.25, 0.3) is 0 Å². The quantitative estimate of drug-likeness (QED) is 0.485. The first-order valence-electron chi connectivity index (χ1n) is 6.30. The fraction of sp³-hybridized carbons (Fsp3) is 0.385. The predicted molar refractivity (Wildman–Crippen MR) is 80.5 cm³/mol. The van der Waals surface area contributed by atoms with Gasteiger partial charge in [0.15, 0.2) is 0 Å². The summed E-state index contributed by atoms with van der Waals surface area (Å²) in [5.41, 5.74) is 6.06. The highest BCUT2D eigenvalue weighted by atomic mass is 32.1. The molecule has 0 bridgehead atoms. The number of nitrogens with two attached hydrogens (primary N) is 1. The number of carbonyl (C=O) groups excluding carboxylic acids is 3. The standard InChI is InChI=1S/C13H18N4O3S/c1-8(18)16-11(7-21)13(20)17-10(12(14)19)5-9-3-2-4-15-6-9/h2-4,6,10-11,21H,5,7H2,1H3,(H2,14,19)(H,16,18)(H,17,20)/t10-,11-/m0/s1. The van der Waals surface area contributed by atoms with E-state index in [9.17, 15) is 14.4 Å². The summed E-state index contributed by atoms with van der Waals surface area (Å²) in [5.74, 6) is -1.41. The normalized spacial score (nSPS) is 13.0. The number of nitrogens with zero attached hydrogens (tertiary/aromatic N) is 1. The molecule has 0 unspecified atom stereocenters. The molecule has 0 radical (unpaired) electrons. The summed E-state index contributed by atoms with van der Waals surface area (Å²) in [4.78, 5) is 38.4. The molecule has 0 aliphatic heterocycles. The molecule has 7 nitrogen and oxygen atoms in total. The molecular weight excluding hydrogens is 292 g/mol. The molecule has 0 fully saturated rings. The van der Waals surface area contributed by atoms with E-state index in [-0.39, 0.29) is 18.1 Å². The zero-order chi connectivity index (χ0) is 15.8. The van der Waals surface area contributed by atoms with Gasteiger partial charge in [0.1, 0.15) is 12.1 Å². The van der Waals surface area contributed by atoms with Gasteiger partial charge in [0.2, 0.25) is 17.7 Å². The lowest BCUT2D eigenvalue weighted by atomic mass is 10.1. The van der Waals surface area contributed by atoms with Gasteiger partial charge in [-0.3, -0.25) is 19.4 Å². The van der Waals surface area contributed by atoms with E-state index in [4.69, 9.17) is 5.73 Å². The summed E-state index contributed by atoms with van der Waals surface area (Å²) in [6.07, 6.45) is 3.43. The fourth-order valence-corrected chi connectivity index (χ4v) is 1.95. The molecule has 0 aromatic carbocycles. The van der Waals surface area contributed by atoms with Gasteiger partial charge < -0.3 is 16.4 Å². The third-order valence-electron chi connectivity index (χ3n) is 2.70. The van der Waals surface area contributed by atoms with Gasteiger partial charge in [0, 0.05) is 31.5 Å². The molecule has 21 heavy (non-hydrogen) atoms. The number of amides is 3. The number of rotatable bonds is 7. The Morgan fingerprint density at radius 1 is 1.33 bits per heavy atom. The van der Waals surface area contributed by atoms with E-state index < -0.39 is 23.9 Å². The number of thiol groups is 1. The van der Waals surface area contributed by atoms with Gasteiger partial charge in [0.25, 0.3) is 0 Å². The van der Waals surface area contributed by atoms with E-state index in [1.807, 2.05) is 0 Å². The van der Waals surface area contributed by atoms with Crippen molar-refractivity contribution in [1.82, 2.24) is 15.6 Å². The SMILES string of the molecule is CC(=O)N[C@@H](CS)C(=O)N[C@@H](Cc1cccnc1)C(N)=O. The summed E-state index contributed by atoms with van der Waals surface area (Å²) in [5, 5.41) is 4.96. The molecule has 114 valence electrons. The third-order valence-corrected chi connectivity index (χ3v) is 3.06. The van der Waals surface area contributed by atoms with E-state index in [0.29, 0.717) is 0 Å². The Kier molecular flexibility index (Phi) is 6.67. The van der Waals surface area contributed by atoms with Gasteiger partial charge in [-0.2, -0.15) is 12.6 Å². The minimum Gasteiger partial charge on any atom is -0.368 e. The van der Waals surface area contributed by atoms with Crippen molar-refractivity contribution < 1.29 is 14.4 Å². The minimum absolute atomic E-state index is 0.115. The predicted octanol–water partition coefficient (Wildman–Crippen LogP) is -0.971. The van der Waals surface area contributed by atoms with Gasteiger partial charge in [-0.1, -0.05) is 6.07 Å². The van der Waals surface area contributed by atoms with E-state index in [0.717, 1.165) is 5.56 Å². The van der Waals surface area contributed by atoms with Gasteiger partial charge in [-0.25, -0.2) is 0 Å². The van der Waals surface area contributed by atoms with Crippen LogP contribution >= 0.6 is 12.6 Å². The van der Waals surface area contributed by atoms with Crippen LogP contribution in [0.4, 0.5) is 0 Å². The van der Waals surface area contributed by atoms with E-state index in [1.165, 1.54) is 6.92 Å². The number of primary amides is 1. The highest BCUT2D eigenvalue weighted by molar-refractivity contribution is 7.80. The topological polar surface area (TPSA) is 114 Å². The number of pyridine rings is 1. The summed E-state index contributed by atoms with van der Waals surface area (Å²) in [6, 6.07) is 1.81. The lowest BCUT2D eigenvalue weighted by Crippen LogP contribution is -2.54. The van der Waals surface area contributed by atoms with Crippen molar-refractivity contribution in [3.8, 4) is 0 Å². The van der Waals surface area contributed by atoms with Crippen molar-refractivity contribution in [2.45, 2.75) is 25.4 Å². The van der Waals surface area contributed by atoms with Crippen molar-refractivity contribution in [3.63, 3.8) is 0 Å². The second-order valence-corrected chi connectivity index (χ2v) is 4.83. The molecule has 8 heteroatoms. The van der Waals surface area contributed by atoms with Crippen LogP contribution in [-0.2, 0) is 20.8 Å². The van der Waals surface area contributed by atoms with Gasteiger partial charge in [-0.05, 0) is 11.6 Å². The van der Waals surface area contributed by atoms with Crippen LogP contribution in [0.2, 0.25) is 0 Å². The maximum atomic E-state index is 12.0. The van der Waals surface area contributed by atoms with Crippen molar-refractivity contribution in [1.29, 1.82) is 0 Å². The van der Waals surface area contributed by atoms with Crippen molar-refractivity contribution >= 4 is 30.4 Å². The van der Waals surface area contributed by atoms with Crippen LogP contribution in [0.5, 0.6) is 0 Å². The highest BCUT2D eigenvalue weighted by Crippen LogP contribution is 2.02. The number of carbonyl (C=O) groups is 3. The monoisotopic (exact) mass is 310 g/mol. The molecule has 1 rings (SSSR count). The number of aromatic nitrogens is 1. The molecular formula is C13H18N4O3S. The van der Waals surface area contributed by atoms with Crippen LogP contribution in [0, 0.1) is 0 Å². The summed E-state index contributed by atoms with van der Waals surface area (Å²) in [7, 11) is 0. The first-order valence-corrected chi connectivity index (χ1v) is 6.93. The number of nitrogens with one attached hydrogen (secondary N) is 2. The molecule has 4 N–H and O–H groups in total. The van der Waals surface area contributed by atoms with Crippen molar-refractivity contribution in [2.75, 3.05) is 5.75 Å². The molecule has 0 saturated carbocycles. The van der Waals surface area contributed by atoms with Crippen LogP contribution < -0.4 is 16.4 Å². The molecule has 1 aromatic rings. The summed E-state index contributed by atoms with van der Waals surface area (Å²) < 4.78 is 0. The Bertz CT molecular complexity index is 509. The summed E-state index contributed by atoms with van der Waals surface area (Å²) >= 11 is 4.00. The molecule has 0 aliphatic carbocycles. The average molecular weight is 310 g/mol. The largest absolute Gasteiger partial charge is 0.368 e. The maximum absolute atomic E-state index is 12.0. The fourth-order valence-electron chi connectivity index (χ4n) is 1.69. The zero-order valence-electron chi connectivity index (χ0n) is 11.6. The molecule has 1 aromatic heterocycles. The van der Waals surface area contributed by atoms with Crippen LogP contribution in [-0.4, -0.2) is 40.5 Å². The van der Waals surface area contributed by atoms with Crippen LogP contribution in [0.15, 0.2) is 24.5 Å². The Hall–Kier alpha value is -2.09. The minimum atomic E-state index is -0.877. The molecule has 0 saturated heterocycles. The average Bonchev–Trinajstić information content (AvgIpc) is 2.44. The summed E-state index contributed by atoms with van der Waals surface area (Å²) in [6.45, 7) is 1.30. The van der Waals surface area contributed by atoms with E-state index in [1.54, 1.807) is 24.5 Å². The Labute approximate surface area is 128 Å². The lowest BCUT2D eigenvalue weighted by Gasteiger charge is -2.20. The number of hydrogen-bond donors (Lipinski definition) is 4. The van der Waals surface area contributed by atoms with Crippen LogP contribution in [0.1, 0.15) is 12.5 Å². The lowest BCUT2D eigenvalue weighted by molar-refractivity contribution is -0.130. The van der Waals surface area contributed by atoms with Gasteiger partial charge in [0.05, 0.1) is 0 Å². The molecule has 0 aliphatic rings. The van der Waals surface area contributed by atoms with E-state index >= 15 is 0 Å². The third kappa shape index (κ3) is 5.82. The van der Waals surface area contributed by atoms with Gasteiger partial charge in [-0.15, -0.1) is 0 Å². The van der Waals surface area contributed by atoms with Crippen LogP contribution in [0.3, 0.4) is 0 Å². The first kappa shape index (κ1) is 17.0. The van der Waals surface area contributed by atoms with E-state index in [2.05, 4.69) is 28.2 Å². The molecule has 0 spiro atoms. The highest BCUT2D eigenvalue weighted by Gasteiger charge is 2.24. The molecule has 2 atom stereocenters. The maximum Gasteiger partial charge on any atom is 0.244 e. The smallest absolute Gasteiger partial charge is 0.244 e. The molecule has 3 amide bonds. The van der Waals surface area contributed by atoms with Gasteiger partial charge >= 0.3 is 0 Å². The Morgan fingerprint density at radius 2 is 2.05 bits per heavy atom. The number of hydrogen-bond acceptors (Lipinski definition) is 5. The molecule has 1 heterocycles. The second-order valence-electron chi connectivity index (χ2n) is 4.46. The van der Waals surface area contributed by atoms with Crippen molar-refractivity contribution in [2.24, 2.45) is 5.73 Å². The first-order chi connectivity index (χ1) is 9.93. The van der Waals surface area contributed by atoms with Crippen molar-refractivity contribution in [3.05, 3.63) is 30.1 Å². The second kappa shape index (κ2) is 8.25. The zero-order valence-corrected chi connectivity index (χ0v) is 12.5.